The zero-order valence-electron chi connectivity index (χ0n) is 16.5. The van der Waals surface area contributed by atoms with Gasteiger partial charge in [-0.25, -0.2) is 0 Å². The molecule has 0 unspecified atom stereocenters. The minimum atomic E-state index is -0.145. The van der Waals surface area contributed by atoms with Gasteiger partial charge in [-0.15, -0.1) is 0 Å². The van der Waals surface area contributed by atoms with Gasteiger partial charge in [0, 0.05) is 37.4 Å². The average molecular weight is 374 g/mol. The molecule has 2 atom stereocenters. The molecule has 3 rings (SSSR count). The molecule has 27 heavy (non-hydrogen) atoms. The highest BCUT2D eigenvalue weighted by Gasteiger charge is 2.24. The van der Waals surface area contributed by atoms with E-state index in [0.717, 1.165) is 55.6 Å². The fourth-order valence-corrected chi connectivity index (χ4v) is 4.08. The lowest BCUT2D eigenvalue weighted by Crippen LogP contribution is -2.35. The summed E-state index contributed by atoms with van der Waals surface area (Å²) in [6.07, 6.45) is 4.21. The fourth-order valence-electron chi connectivity index (χ4n) is 4.08. The number of hydrogen-bond acceptors (Lipinski definition) is 4. The summed E-state index contributed by atoms with van der Waals surface area (Å²) in [6.45, 7) is 8.21. The van der Waals surface area contributed by atoms with E-state index >= 15 is 0 Å². The Morgan fingerprint density at radius 1 is 0.889 bits per heavy atom. The van der Waals surface area contributed by atoms with E-state index in [9.17, 15) is 9.59 Å². The van der Waals surface area contributed by atoms with E-state index < -0.39 is 0 Å². The van der Waals surface area contributed by atoms with Crippen molar-refractivity contribution in [3.05, 3.63) is 33.9 Å². The second kappa shape index (κ2) is 8.85. The summed E-state index contributed by atoms with van der Waals surface area (Å²) in [7, 11) is 0. The Hall–Kier alpha value is -1.92. The van der Waals surface area contributed by atoms with Crippen LogP contribution in [0.5, 0.6) is 0 Å². The van der Waals surface area contributed by atoms with Crippen molar-refractivity contribution in [3.63, 3.8) is 0 Å². The summed E-state index contributed by atoms with van der Waals surface area (Å²) >= 11 is 0. The van der Waals surface area contributed by atoms with E-state index in [2.05, 4.69) is 10.6 Å². The van der Waals surface area contributed by atoms with Crippen LogP contribution in [-0.4, -0.2) is 50.3 Å². The Morgan fingerprint density at radius 3 is 1.70 bits per heavy atom. The molecule has 1 aromatic carbocycles. The SMILES string of the molecule is Cc1cc(C)c(C(=O)NC[C@H]2CCCO2)c(C)c1C(=O)NC[C@H]1CCCO1. The van der Waals surface area contributed by atoms with Gasteiger partial charge < -0.3 is 20.1 Å². The molecule has 148 valence electrons. The molecule has 0 bridgehead atoms. The number of amides is 2. The third-order valence-corrected chi connectivity index (χ3v) is 5.45. The van der Waals surface area contributed by atoms with Crippen molar-refractivity contribution < 1.29 is 19.1 Å². The standard InChI is InChI=1S/C21H30N2O4/c1-13-10-14(2)19(21(25)23-12-17-7-5-9-27-17)15(3)18(13)20(24)22-11-16-6-4-8-26-16/h10,16-17H,4-9,11-12H2,1-3H3,(H,22,24)(H,23,25)/t16-,17-/m1/s1. The molecular formula is C21H30N2O4. The number of benzene rings is 1. The van der Waals surface area contributed by atoms with Gasteiger partial charge in [-0.1, -0.05) is 6.07 Å². The van der Waals surface area contributed by atoms with Crippen molar-refractivity contribution in [2.24, 2.45) is 0 Å². The summed E-state index contributed by atoms with van der Waals surface area (Å²) in [5, 5.41) is 5.94. The molecule has 2 amide bonds. The van der Waals surface area contributed by atoms with Gasteiger partial charge in [-0.05, 0) is 63.1 Å². The van der Waals surface area contributed by atoms with Crippen LogP contribution in [0.1, 0.15) is 63.1 Å². The molecule has 0 saturated carbocycles. The Bertz CT molecular complexity index is 648. The molecule has 2 aliphatic heterocycles. The van der Waals surface area contributed by atoms with Gasteiger partial charge in [-0.2, -0.15) is 0 Å². The number of hydrogen-bond donors (Lipinski definition) is 2. The van der Waals surface area contributed by atoms with Gasteiger partial charge in [0.1, 0.15) is 0 Å². The summed E-state index contributed by atoms with van der Waals surface area (Å²) < 4.78 is 11.1. The van der Waals surface area contributed by atoms with Crippen LogP contribution >= 0.6 is 0 Å². The van der Waals surface area contributed by atoms with Gasteiger partial charge in [0.25, 0.3) is 11.8 Å². The first-order chi connectivity index (χ1) is 13.0. The van der Waals surface area contributed by atoms with Crippen molar-refractivity contribution in [2.75, 3.05) is 26.3 Å². The van der Waals surface area contributed by atoms with Crippen LogP contribution < -0.4 is 10.6 Å². The number of carbonyl (C=O) groups excluding carboxylic acids is 2. The summed E-state index contributed by atoms with van der Waals surface area (Å²) in [5.41, 5.74) is 3.65. The minimum Gasteiger partial charge on any atom is -0.376 e. The van der Waals surface area contributed by atoms with Crippen LogP contribution in [0.4, 0.5) is 0 Å². The third-order valence-electron chi connectivity index (χ3n) is 5.45. The highest BCUT2D eigenvalue weighted by atomic mass is 16.5. The molecule has 0 radical (unpaired) electrons. The predicted molar refractivity (Wildman–Crippen MR) is 103 cm³/mol. The lowest BCUT2D eigenvalue weighted by atomic mass is 9.92. The highest BCUT2D eigenvalue weighted by molar-refractivity contribution is 6.03. The molecule has 2 heterocycles. The van der Waals surface area contributed by atoms with Gasteiger partial charge >= 0.3 is 0 Å². The van der Waals surface area contributed by atoms with Crippen molar-refractivity contribution in [1.82, 2.24) is 10.6 Å². The first kappa shape index (κ1) is 19.8. The van der Waals surface area contributed by atoms with Crippen LogP contribution in [-0.2, 0) is 9.47 Å². The Balaban J connectivity index is 1.72. The number of ether oxygens (including phenoxy) is 2. The topological polar surface area (TPSA) is 76.7 Å². The maximum absolute atomic E-state index is 12.8. The van der Waals surface area contributed by atoms with Crippen LogP contribution in [0.15, 0.2) is 6.07 Å². The van der Waals surface area contributed by atoms with E-state index in [1.165, 1.54) is 0 Å². The molecule has 2 fully saturated rings. The Labute approximate surface area is 161 Å². The molecule has 1 aromatic rings. The average Bonchev–Trinajstić information content (AvgIpc) is 3.31. The van der Waals surface area contributed by atoms with Crippen molar-refractivity contribution >= 4 is 11.8 Å². The largest absolute Gasteiger partial charge is 0.376 e. The zero-order chi connectivity index (χ0) is 19.4. The molecule has 2 saturated heterocycles. The van der Waals surface area contributed by atoms with Crippen LogP contribution in [0.25, 0.3) is 0 Å². The summed E-state index contributed by atoms with van der Waals surface area (Å²) in [4.78, 5) is 25.6. The maximum atomic E-state index is 12.8. The van der Waals surface area contributed by atoms with Crippen LogP contribution in [0, 0.1) is 20.8 Å². The van der Waals surface area contributed by atoms with Crippen LogP contribution in [0.3, 0.4) is 0 Å². The van der Waals surface area contributed by atoms with Crippen molar-refractivity contribution in [3.8, 4) is 0 Å². The van der Waals surface area contributed by atoms with E-state index in [1.807, 2.05) is 26.8 Å². The van der Waals surface area contributed by atoms with Gasteiger partial charge in [0.05, 0.1) is 12.2 Å². The quantitative estimate of drug-likeness (QED) is 0.802. The summed E-state index contributed by atoms with van der Waals surface area (Å²) in [5.74, 6) is -0.289. The van der Waals surface area contributed by atoms with Crippen molar-refractivity contribution in [2.45, 2.75) is 58.7 Å². The number of nitrogens with one attached hydrogen (secondary N) is 2. The van der Waals surface area contributed by atoms with Crippen LogP contribution in [0.2, 0.25) is 0 Å². The van der Waals surface area contributed by atoms with E-state index in [0.29, 0.717) is 24.2 Å². The van der Waals surface area contributed by atoms with E-state index in [4.69, 9.17) is 9.47 Å². The minimum absolute atomic E-state index is 0.0918. The van der Waals surface area contributed by atoms with Gasteiger partial charge in [-0.3, -0.25) is 9.59 Å². The predicted octanol–water partition coefficient (Wildman–Crippen LogP) is 2.43. The molecule has 0 aromatic heterocycles. The number of aryl methyl sites for hydroxylation is 2. The molecule has 2 N–H and O–H groups in total. The smallest absolute Gasteiger partial charge is 0.251 e. The molecule has 6 heteroatoms. The van der Waals surface area contributed by atoms with Gasteiger partial charge in [0.15, 0.2) is 0 Å². The van der Waals surface area contributed by atoms with E-state index in [1.54, 1.807) is 0 Å². The maximum Gasteiger partial charge on any atom is 0.251 e. The molecule has 0 aliphatic carbocycles. The Morgan fingerprint density at radius 2 is 1.33 bits per heavy atom. The third kappa shape index (κ3) is 4.68. The second-order valence-corrected chi connectivity index (χ2v) is 7.58. The Kier molecular flexibility index (Phi) is 6.50. The normalized spacial score (nSPS) is 22.0. The molecule has 2 aliphatic rings. The molecule has 6 nitrogen and oxygen atoms in total. The molecular weight excluding hydrogens is 344 g/mol. The summed E-state index contributed by atoms with van der Waals surface area (Å²) in [6, 6.07) is 1.91. The lowest BCUT2D eigenvalue weighted by molar-refractivity contribution is 0.0853. The zero-order valence-corrected chi connectivity index (χ0v) is 16.5. The monoisotopic (exact) mass is 374 g/mol. The molecule has 0 spiro atoms. The first-order valence-corrected chi connectivity index (χ1v) is 9.87. The second-order valence-electron chi connectivity index (χ2n) is 7.58. The lowest BCUT2D eigenvalue weighted by Gasteiger charge is -2.18. The number of carbonyl (C=O) groups is 2. The van der Waals surface area contributed by atoms with Crippen molar-refractivity contribution in [1.29, 1.82) is 0 Å². The number of rotatable bonds is 6. The fraction of sp³-hybridized carbons (Fsp3) is 0.619. The first-order valence-electron chi connectivity index (χ1n) is 9.87. The van der Waals surface area contributed by atoms with Gasteiger partial charge in [0.2, 0.25) is 0 Å². The van der Waals surface area contributed by atoms with E-state index in [-0.39, 0.29) is 24.0 Å². The highest BCUT2D eigenvalue weighted by Crippen LogP contribution is 2.23.